The zero-order chi connectivity index (χ0) is 19.2. The molecule has 5 heteroatoms. The monoisotopic (exact) mass is 367 g/mol. The van der Waals surface area contributed by atoms with Crippen molar-refractivity contribution in [2.45, 2.75) is 33.0 Å². The zero-order valence-corrected chi connectivity index (χ0v) is 16.0. The number of benzene rings is 2. The summed E-state index contributed by atoms with van der Waals surface area (Å²) < 4.78 is 16.6. The molecule has 1 aromatic heterocycles. The Hall–Kier alpha value is -2.79. The molecule has 0 saturated carbocycles. The highest BCUT2D eigenvalue weighted by atomic mass is 16.5. The van der Waals surface area contributed by atoms with Gasteiger partial charge in [0.2, 0.25) is 0 Å². The average Bonchev–Trinajstić information content (AvgIpc) is 3.02. The van der Waals surface area contributed by atoms with Gasteiger partial charge in [-0.05, 0) is 44.0 Å². The van der Waals surface area contributed by atoms with Crippen molar-refractivity contribution in [2.75, 3.05) is 13.7 Å². The fourth-order valence-electron chi connectivity index (χ4n) is 2.98. The van der Waals surface area contributed by atoms with Crippen molar-refractivity contribution < 1.29 is 18.7 Å². The van der Waals surface area contributed by atoms with Crippen molar-refractivity contribution in [3.05, 3.63) is 65.4 Å². The number of fused-ring (bicyclic) bond motifs is 1. The van der Waals surface area contributed by atoms with E-state index in [4.69, 9.17) is 13.9 Å². The van der Waals surface area contributed by atoms with Gasteiger partial charge in [0.1, 0.15) is 11.3 Å². The van der Waals surface area contributed by atoms with Gasteiger partial charge in [0.05, 0.1) is 12.7 Å². The Morgan fingerprint density at radius 1 is 1.11 bits per heavy atom. The lowest BCUT2D eigenvalue weighted by Crippen LogP contribution is -2.26. The molecule has 142 valence electrons. The van der Waals surface area contributed by atoms with Gasteiger partial charge in [-0.25, -0.2) is 0 Å². The molecule has 5 nitrogen and oxygen atoms in total. The molecule has 0 aliphatic rings. The van der Waals surface area contributed by atoms with Crippen molar-refractivity contribution in [1.29, 1.82) is 0 Å². The van der Waals surface area contributed by atoms with Gasteiger partial charge in [0.15, 0.2) is 5.76 Å². The number of carbonyl (C=O) groups excluding carboxylic acids is 1. The molecule has 0 spiro atoms. The molecular formula is C22H25NO4. The van der Waals surface area contributed by atoms with Crippen molar-refractivity contribution in [1.82, 2.24) is 5.32 Å². The van der Waals surface area contributed by atoms with E-state index in [2.05, 4.69) is 5.32 Å². The molecular weight excluding hydrogens is 342 g/mol. The first kappa shape index (κ1) is 19.0. The van der Waals surface area contributed by atoms with E-state index < -0.39 is 0 Å². The number of nitrogens with one attached hydrogen (secondary N) is 1. The second-order valence-corrected chi connectivity index (χ2v) is 6.66. The highest BCUT2D eigenvalue weighted by Crippen LogP contribution is 2.26. The average molecular weight is 367 g/mol. The maximum Gasteiger partial charge on any atom is 0.287 e. The van der Waals surface area contributed by atoms with Crippen molar-refractivity contribution in [3.63, 3.8) is 0 Å². The van der Waals surface area contributed by atoms with Crippen molar-refractivity contribution in [2.24, 2.45) is 0 Å². The van der Waals surface area contributed by atoms with Gasteiger partial charge in [0, 0.05) is 24.6 Å². The van der Waals surface area contributed by atoms with Crippen LogP contribution < -0.4 is 10.1 Å². The van der Waals surface area contributed by atoms with E-state index in [0.717, 1.165) is 28.7 Å². The van der Waals surface area contributed by atoms with Crippen LogP contribution >= 0.6 is 0 Å². The lowest BCUT2D eigenvalue weighted by Gasteiger charge is -2.10. The van der Waals surface area contributed by atoms with Crippen LogP contribution in [0.2, 0.25) is 0 Å². The second-order valence-electron chi connectivity index (χ2n) is 6.66. The van der Waals surface area contributed by atoms with Crippen LogP contribution in [0.15, 0.2) is 52.9 Å². The van der Waals surface area contributed by atoms with Crippen LogP contribution in [0.3, 0.4) is 0 Å². The van der Waals surface area contributed by atoms with Gasteiger partial charge >= 0.3 is 0 Å². The molecule has 27 heavy (non-hydrogen) atoms. The Bertz CT molecular complexity index is 896. The molecule has 1 amide bonds. The normalized spacial score (nSPS) is 11.1. The van der Waals surface area contributed by atoms with Crippen LogP contribution in [0.1, 0.15) is 35.5 Å². The molecule has 2 aromatic carbocycles. The number of ether oxygens (including phenoxy) is 2. The molecule has 0 aliphatic heterocycles. The van der Waals surface area contributed by atoms with Gasteiger partial charge in [-0.3, -0.25) is 4.79 Å². The lowest BCUT2D eigenvalue weighted by molar-refractivity contribution is 0.0922. The van der Waals surface area contributed by atoms with Crippen LogP contribution in [0.4, 0.5) is 0 Å². The molecule has 0 saturated heterocycles. The van der Waals surface area contributed by atoms with Crippen molar-refractivity contribution in [3.8, 4) is 5.75 Å². The predicted octanol–water partition coefficient (Wildman–Crippen LogP) is 4.34. The molecule has 0 unspecified atom stereocenters. The van der Waals surface area contributed by atoms with Crippen LogP contribution in [0, 0.1) is 0 Å². The minimum absolute atomic E-state index is 0.153. The number of hydrogen-bond donors (Lipinski definition) is 1. The number of para-hydroxylation sites is 1. The number of hydrogen-bond acceptors (Lipinski definition) is 4. The summed E-state index contributed by atoms with van der Waals surface area (Å²) in [7, 11) is 1.61. The van der Waals surface area contributed by atoms with E-state index in [0.29, 0.717) is 24.5 Å². The number of furan rings is 1. The molecule has 0 atom stereocenters. The van der Waals surface area contributed by atoms with Gasteiger partial charge in [-0.1, -0.05) is 30.3 Å². The fourth-order valence-corrected chi connectivity index (χ4v) is 2.98. The Kier molecular flexibility index (Phi) is 6.14. The molecule has 3 aromatic rings. The first-order chi connectivity index (χ1) is 13.1. The molecule has 1 N–H and O–H groups in total. The molecule has 0 bridgehead atoms. The molecule has 1 heterocycles. The third-order valence-corrected chi connectivity index (χ3v) is 4.19. The Morgan fingerprint density at radius 2 is 1.85 bits per heavy atom. The topological polar surface area (TPSA) is 60.7 Å². The quantitative estimate of drug-likeness (QED) is 0.643. The van der Waals surface area contributed by atoms with E-state index in [1.54, 1.807) is 7.11 Å². The van der Waals surface area contributed by atoms with E-state index >= 15 is 0 Å². The SMILES string of the molecule is COCc1c(C(=O)NCCc2ccc(OC(C)C)cc2)oc2ccccc12. The number of carbonyl (C=O) groups is 1. The van der Waals surface area contributed by atoms with Crippen molar-refractivity contribution >= 4 is 16.9 Å². The summed E-state index contributed by atoms with van der Waals surface area (Å²) >= 11 is 0. The number of amides is 1. The Labute approximate surface area is 159 Å². The van der Waals surface area contributed by atoms with Gasteiger partial charge in [-0.15, -0.1) is 0 Å². The largest absolute Gasteiger partial charge is 0.491 e. The van der Waals surface area contributed by atoms with Crippen LogP contribution in [0.5, 0.6) is 5.75 Å². The second kappa shape index (κ2) is 8.73. The highest BCUT2D eigenvalue weighted by molar-refractivity contribution is 5.99. The van der Waals surface area contributed by atoms with E-state index in [9.17, 15) is 4.79 Å². The first-order valence-electron chi connectivity index (χ1n) is 9.11. The highest BCUT2D eigenvalue weighted by Gasteiger charge is 2.19. The molecule has 3 rings (SSSR count). The van der Waals surface area contributed by atoms with E-state index in [1.165, 1.54) is 0 Å². The maximum absolute atomic E-state index is 12.6. The smallest absolute Gasteiger partial charge is 0.287 e. The molecule has 0 aliphatic carbocycles. The Balaban J connectivity index is 1.62. The fraction of sp³-hybridized carbons (Fsp3) is 0.318. The molecule has 0 fully saturated rings. The summed E-state index contributed by atoms with van der Waals surface area (Å²) in [5.74, 6) is 0.945. The van der Waals surface area contributed by atoms with Crippen LogP contribution in [-0.2, 0) is 17.8 Å². The summed E-state index contributed by atoms with van der Waals surface area (Å²) in [6.45, 7) is 4.85. The van der Waals surface area contributed by atoms with Crippen LogP contribution in [0.25, 0.3) is 11.0 Å². The standard InChI is InChI=1S/C22H25NO4/c1-15(2)26-17-10-8-16(9-11-17)12-13-23-22(24)21-19(14-25-3)18-6-4-5-7-20(18)27-21/h4-11,15H,12-14H2,1-3H3,(H,23,24). The maximum atomic E-state index is 12.6. The number of rotatable bonds is 8. The minimum atomic E-state index is -0.224. The summed E-state index contributed by atoms with van der Waals surface area (Å²) in [5.41, 5.74) is 2.60. The van der Waals surface area contributed by atoms with Crippen LogP contribution in [-0.4, -0.2) is 25.7 Å². The van der Waals surface area contributed by atoms with E-state index in [-0.39, 0.29) is 12.0 Å². The summed E-state index contributed by atoms with van der Waals surface area (Å²) in [5, 5.41) is 3.84. The van der Waals surface area contributed by atoms with Gasteiger partial charge in [-0.2, -0.15) is 0 Å². The zero-order valence-electron chi connectivity index (χ0n) is 16.0. The van der Waals surface area contributed by atoms with Gasteiger partial charge < -0.3 is 19.2 Å². The summed E-state index contributed by atoms with van der Waals surface area (Å²) in [4.78, 5) is 12.6. The third kappa shape index (κ3) is 4.68. The summed E-state index contributed by atoms with van der Waals surface area (Å²) in [6, 6.07) is 15.5. The van der Waals surface area contributed by atoms with Gasteiger partial charge in [0.25, 0.3) is 5.91 Å². The summed E-state index contributed by atoms with van der Waals surface area (Å²) in [6.07, 6.45) is 0.883. The minimum Gasteiger partial charge on any atom is -0.491 e. The first-order valence-corrected chi connectivity index (χ1v) is 9.11. The Morgan fingerprint density at radius 3 is 2.56 bits per heavy atom. The third-order valence-electron chi connectivity index (χ3n) is 4.19. The lowest BCUT2D eigenvalue weighted by atomic mass is 10.1. The van der Waals surface area contributed by atoms with E-state index in [1.807, 2.05) is 62.4 Å². The number of methoxy groups -OCH3 is 1. The predicted molar refractivity (Wildman–Crippen MR) is 105 cm³/mol. The molecule has 0 radical (unpaired) electrons.